The van der Waals surface area contributed by atoms with Crippen LogP contribution >= 0.6 is 11.6 Å². The van der Waals surface area contributed by atoms with E-state index in [2.05, 4.69) is 5.43 Å². The Kier molecular flexibility index (Phi) is 9.31. The highest BCUT2D eigenvalue weighted by atomic mass is 35.5. The molecule has 2 saturated heterocycles. The molecule has 0 radical (unpaired) electrons. The number of fused-ring (bicyclic) bond motifs is 4. The molecule has 2 aliphatic heterocycles. The number of nitrogens with one attached hydrogen (secondary N) is 1. The molecule has 6 atom stereocenters. The van der Waals surface area contributed by atoms with Crippen LogP contribution in [0.2, 0.25) is 5.02 Å². The molecule has 0 bridgehead atoms. The van der Waals surface area contributed by atoms with Gasteiger partial charge in [0.05, 0.1) is 53.7 Å². The Bertz CT molecular complexity index is 2400. The van der Waals surface area contributed by atoms with Gasteiger partial charge >= 0.3 is 0 Å². The smallest absolute Gasteiger partial charge is 0.271 e. The van der Waals surface area contributed by atoms with Gasteiger partial charge in [-0.2, -0.15) is 5.01 Å². The Balaban J connectivity index is 1.30. The fourth-order valence-corrected chi connectivity index (χ4v) is 9.24. The molecule has 15 heteroatoms. The number of hydrazine groups is 1. The molecule has 2 aliphatic carbocycles. The Hall–Kier alpha value is -6.54. The number of nitro benzene ring substituents is 1. The Labute approximate surface area is 330 Å². The van der Waals surface area contributed by atoms with Gasteiger partial charge < -0.3 is 14.6 Å². The van der Waals surface area contributed by atoms with Gasteiger partial charge in [-0.05, 0) is 84.5 Å². The summed E-state index contributed by atoms with van der Waals surface area (Å²) in [6, 6.07) is 20.3. The maximum Gasteiger partial charge on any atom is 0.271 e. The summed E-state index contributed by atoms with van der Waals surface area (Å²) in [7, 11) is 2.78. The van der Waals surface area contributed by atoms with Crippen molar-refractivity contribution in [2.75, 3.05) is 24.5 Å². The van der Waals surface area contributed by atoms with E-state index in [0.717, 1.165) is 9.91 Å². The maximum absolute atomic E-state index is 15.3. The fraction of sp³-hybridized carbons (Fsp3) is 0.238. The van der Waals surface area contributed by atoms with Crippen molar-refractivity contribution in [3.05, 3.63) is 135 Å². The number of methoxy groups -OCH3 is 2. The van der Waals surface area contributed by atoms with Crippen LogP contribution in [0.1, 0.15) is 24.0 Å². The molecule has 0 aromatic heterocycles. The number of halogens is 2. The van der Waals surface area contributed by atoms with Crippen molar-refractivity contribution in [2.45, 2.75) is 18.3 Å². The molecular formula is C42H34ClFN4O9. The van der Waals surface area contributed by atoms with Gasteiger partial charge in [-0.25, -0.2) is 9.29 Å². The lowest BCUT2D eigenvalue weighted by Gasteiger charge is -2.49. The number of hydrogen-bond donors (Lipinski definition) is 2. The van der Waals surface area contributed by atoms with Gasteiger partial charge in [0, 0.05) is 23.1 Å². The molecule has 4 aromatic rings. The Morgan fingerprint density at radius 2 is 1.61 bits per heavy atom. The van der Waals surface area contributed by atoms with Crippen LogP contribution < -0.4 is 19.8 Å². The van der Waals surface area contributed by atoms with E-state index in [1.807, 2.05) is 6.08 Å². The zero-order chi connectivity index (χ0) is 40.3. The van der Waals surface area contributed by atoms with Gasteiger partial charge in [-0.1, -0.05) is 53.6 Å². The second kappa shape index (κ2) is 14.2. The van der Waals surface area contributed by atoms with E-state index in [1.54, 1.807) is 48.6 Å². The summed E-state index contributed by atoms with van der Waals surface area (Å²) in [5.74, 6) is -7.25. The number of aromatic hydroxyl groups is 1. The number of carbonyl (C=O) groups excluding carboxylic acids is 4. The topological polar surface area (TPSA) is 169 Å². The number of non-ortho nitro benzene ring substituents is 1. The van der Waals surface area contributed by atoms with Crippen LogP contribution in [0.3, 0.4) is 0 Å². The minimum absolute atomic E-state index is 0.00517. The predicted octanol–water partition coefficient (Wildman–Crippen LogP) is 6.85. The van der Waals surface area contributed by atoms with Gasteiger partial charge in [0.2, 0.25) is 17.6 Å². The fourth-order valence-electron chi connectivity index (χ4n) is 9.12. The van der Waals surface area contributed by atoms with Gasteiger partial charge in [-0.15, -0.1) is 0 Å². The molecule has 6 unspecified atom stereocenters. The van der Waals surface area contributed by atoms with E-state index in [0.29, 0.717) is 21.7 Å². The van der Waals surface area contributed by atoms with Crippen molar-refractivity contribution in [3.63, 3.8) is 0 Å². The number of anilines is 2. The lowest BCUT2D eigenvalue weighted by atomic mass is 9.50. The van der Waals surface area contributed by atoms with Crippen LogP contribution in [0.5, 0.6) is 17.2 Å². The van der Waals surface area contributed by atoms with Crippen LogP contribution in [0.15, 0.2) is 103 Å². The number of allylic oxidation sites excluding steroid dienone is 3. The first-order chi connectivity index (χ1) is 27.4. The Morgan fingerprint density at radius 1 is 0.930 bits per heavy atom. The standard InChI is InChI=1S/C42H34ClFN4O9/c1-56-34-18-22(19-35(57-2)37(34)49)6-17-32-29-15-16-30-36(40(52)46(38(30)50)27-4-3-5-28(20-27)48(54)55)31(29)21-33-39(51)47(45-26-13-11-25(44)12-14-26)41(53)42(32,33)23-7-9-24(43)10-8-23/h3-15,17-20,30-33,36,45,49H,16,21H2,1-2H3. The summed E-state index contributed by atoms with van der Waals surface area (Å²) in [5, 5.41) is 23.6. The van der Waals surface area contributed by atoms with Crippen LogP contribution in [0, 0.1) is 45.5 Å². The molecule has 2 N–H and O–H groups in total. The molecule has 3 fully saturated rings. The minimum atomic E-state index is -1.61. The van der Waals surface area contributed by atoms with Crippen molar-refractivity contribution in [1.82, 2.24) is 5.01 Å². The Morgan fingerprint density at radius 3 is 2.26 bits per heavy atom. The second-order valence-corrected chi connectivity index (χ2v) is 14.8. The number of ether oxygens (including phenoxy) is 2. The largest absolute Gasteiger partial charge is 0.502 e. The van der Waals surface area contributed by atoms with Crippen LogP contribution in [-0.4, -0.2) is 52.9 Å². The highest BCUT2D eigenvalue weighted by Crippen LogP contribution is 2.62. The van der Waals surface area contributed by atoms with Crippen molar-refractivity contribution in [3.8, 4) is 17.2 Å². The lowest BCUT2D eigenvalue weighted by molar-refractivity contribution is -0.384. The molecule has 0 spiro atoms. The monoisotopic (exact) mass is 792 g/mol. The lowest BCUT2D eigenvalue weighted by Crippen LogP contribution is -2.54. The number of hydrogen-bond acceptors (Lipinski definition) is 10. The zero-order valence-corrected chi connectivity index (χ0v) is 31.2. The molecule has 8 rings (SSSR count). The van der Waals surface area contributed by atoms with E-state index < -0.39 is 69.4 Å². The van der Waals surface area contributed by atoms with Gasteiger partial charge in [0.15, 0.2) is 11.5 Å². The van der Waals surface area contributed by atoms with E-state index in [-0.39, 0.29) is 47.2 Å². The molecular weight excluding hydrogens is 759 g/mol. The third-order valence-corrected chi connectivity index (χ3v) is 11.9. The molecule has 4 amide bonds. The van der Waals surface area contributed by atoms with Crippen LogP contribution in [0.25, 0.3) is 6.08 Å². The maximum atomic E-state index is 15.3. The first-order valence-electron chi connectivity index (χ1n) is 18.0. The summed E-state index contributed by atoms with van der Waals surface area (Å²) in [5.41, 5.74) is 2.99. The molecule has 1 saturated carbocycles. The molecule has 57 heavy (non-hydrogen) atoms. The molecule has 13 nitrogen and oxygen atoms in total. The number of imide groups is 2. The highest BCUT2D eigenvalue weighted by Gasteiger charge is 2.69. The SMILES string of the molecule is COc1cc(C=CC2C3=CCC4C(=O)N(c5cccc([N+](=O)[O-])c5)C(=O)C4C3CC3C(=O)N(Nc4ccc(F)cc4)C(=O)C23c2ccc(Cl)cc2)cc(OC)c1O. The van der Waals surface area contributed by atoms with E-state index in [1.165, 1.54) is 62.8 Å². The average Bonchev–Trinajstić information content (AvgIpc) is 3.59. The summed E-state index contributed by atoms with van der Waals surface area (Å²) < 4.78 is 24.7. The summed E-state index contributed by atoms with van der Waals surface area (Å²) >= 11 is 6.36. The van der Waals surface area contributed by atoms with E-state index >= 15 is 4.79 Å². The average molecular weight is 793 g/mol. The van der Waals surface area contributed by atoms with E-state index in [9.17, 15) is 34.0 Å². The number of nitro groups is 1. The van der Waals surface area contributed by atoms with Crippen molar-refractivity contribution in [2.24, 2.45) is 29.6 Å². The quantitative estimate of drug-likeness (QED) is 0.0792. The first kappa shape index (κ1) is 37.4. The predicted molar refractivity (Wildman–Crippen MR) is 206 cm³/mol. The molecule has 4 aromatic carbocycles. The van der Waals surface area contributed by atoms with E-state index in [4.69, 9.17) is 21.1 Å². The minimum Gasteiger partial charge on any atom is -0.502 e. The summed E-state index contributed by atoms with van der Waals surface area (Å²) in [4.78, 5) is 70.6. The zero-order valence-electron chi connectivity index (χ0n) is 30.4. The number of benzene rings is 4. The summed E-state index contributed by atoms with van der Waals surface area (Å²) in [6.07, 6.45) is 5.47. The first-order valence-corrected chi connectivity index (χ1v) is 18.4. The third kappa shape index (κ3) is 5.90. The molecule has 4 aliphatic rings. The van der Waals surface area contributed by atoms with Crippen molar-refractivity contribution in [1.29, 1.82) is 0 Å². The van der Waals surface area contributed by atoms with Gasteiger partial charge in [0.1, 0.15) is 5.82 Å². The molecule has 290 valence electrons. The van der Waals surface area contributed by atoms with Crippen LogP contribution in [0.4, 0.5) is 21.5 Å². The third-order valence-electron chi connectivity index (χ3n) is 11.6. The number of carbonyl (C=O) groups is 4. The number of amides is 4. The number of phenols is 1. The number of rotatable bonds is 9. The van der Waals surface area contributed by atoms with Gasteiger partial charge in [0.25, 0.3) is 17.5 Å². The molecule has 2 heterocycles. The second-order valence-electron chi connectivity index (χ2n) is 14.3. The highest BCUT2D eigenvalue weighted by molar-refractivity contribution is 6.30. The van der Waals surface area contributed by atoms with Crippen molar-refractivity contribution >= 4 is 58.4 Å². The van der Waals surface area contributed by atoms with Crippen molar-refractivity contribution < 1.29 is 43.1 Å². The van der Waals surface area contributed by atoms with Crippen LogP contribution in [-0.2, 0) is 24.6 Å². The normalized spacial score (nSPS) is 25.3. The number of phenolic OH excluding ortho intramolecular Hbond substituents is 1. The number of nitrogens with zero attached hydrogens (tertiary/aromatic N) is 3. The summed E-state index contributed by atoms with van der Waals surface area (Å²) in [6.45, 7) is 0. The van der Waals surface area contributed by atoms with Gasteiger partial charge in [-0.3, -0.25) is 34.7 Å².